The van der Waals surface area contributed by atoms with Crippen LogP contribution in [-0.4, -0.2) is 39.4 Å². The molecule has 0 amide bonds. The second kappa shape index (κ2) is 13.5. The fourth-order valence-corrected chi connectivity index (χ4v) is 5.40. The second-order valence-corrected chi connectivity index (χ2v) is 11.3. The van der Waals surface area contributed by atoms with E-state index >= 15 is 0 Å². The molecule has 2 rings (SSSR count). The molecule has 0 heterocycles. The number of esters is 1. The van der Waals surface area contributed by atoms with Gasteiger partial charge in [0.05, 0.1) is 18.6 Å². The van der Waals surface area contributed by atoms with Crippen molar-refractivity contribution in [2.24, 2.45) is 0 Å². The Hall–Kier alpha value is -3.01. The molecule has 0 atom stereocenters. The predicted octanol–water partition coefficient (Wildman–Crippen LogP) is 4.70. The highest BCUT2D eigenvalue weighted by molar-refractivity contribution is 7.89. The SMILES string of the molecule is CCCCC(=O)C(Cc1ccc(-c2ccccc2S(=O)(=O)NC(C)(C)C)cc1)=C(NOC)C(=O)OCC. The Morgan fingerprint density at radius 1 is 0.973 bits per heavy atom. The molecule has 0 aliphatic heterocycles. The number of ketones is 1. The lowest BCUT2D eigenvalue weighted by atomic mass is 9.95. The molecule has 2 aromatic carbocycles. The lowest BCUT2D eigenvalue weighted by Gasteiger charge is -2.21. The molecule has 9 heteroatoms. The Labute approximate surface area is 220 Å². The zero-order chi connectivity index (χ0) is 27.6. The average Bonchev–Trinajstić information content (AvgIpc) is 2.83. The topological polar surface area (TPSA) is 111 Å². The monoisotopic (exact) mass is 530 g/mol. The first-order chi connectivity index (χ1) is 17.4. The van der Waals surface area contributed by atoms with E-state index in [9.17, 15) is 18.0 Å². The smallest absolute Gasteiger partial charge is 0.357 e. The number of unbranched alkanes of at least 4 members (excludes halogenated alkanes) is 1. The van der Waals surface area contributed by atoms with Gasteiger partial charge in [0.25, 0.3) is 0 Å². The van der Waals surface area contributed by atoms with Gasteiger partial charge in [0.2, 0.25) is 10.0 Å². The largest absolute Gasteiger partial charge is 0.461 e. The van der Waals surface area contributed by atoms with Gasteiger partial charge >= 0.3 is 5.97 Å². The second-order valence-electron chi connectivity index (χ2n) is 9.63. The molecule has 37 heavy (non-hydrogen) atoms. The number of Topliss-reactive ketones (excluding diaryl/α,β-unsaturated/α-hetero) is 1. The number of rotatable bonds is 13. The van der Waals surface area contributed by atoms with Crippen LogP contribution in [0.4, 0.5) is 0 Å². The number of sulfonamides is 1. The number of hydrogen-bond donors (Lipinski definition) is 2. The van der Waals surface area contributed by atoms with Crippen LogP contribution in [0.2, 0.25) is 0 Å². The summed E-state index contributed by atoms with van der Waals surface area (Å²) in [4.78, 5) is 30.8. The average molecular weight is 531 g/mol. The maximum atomic E-state index is 13.1. The summed E-state index contributed by atoms with van der Waals surface area (Å²) >= 11 is 0. The molecule has 0 radical (unpaired) electrons. The number of nitrogens with one attached hydrogen (secondary N) is 2. The molecule has 0 saturated carbocycles. The van der Waals surface area contributed by atoms with Gasteiger partial charge in [0.15, 0.2) is 11.5 Å². The van der Waals surface area contributed by atoms with Crippen molar-refractivity contribution in [1.29, 1.82) is 0 Å². The van der Waals surface area contributed by atoms with Crippen LogP contribution in [-0.2, 0) is 35.6 Å². The van der Waals surface area contributed by atoms with Crippen molar-refractivity contribution < 1.29 is 27.6 Å². The lowest BCUT2D eigenvalue weighted by molar-refractivity contribution is -0.140. The van der Waals surface area contributed by atoms with Crippen molar-refractivity contribution in [1.82, 2.24) is 10.2 Å². The Bertz CT molecular complexity index is 1210. The number of hydroxylamine groups is 1. The van der Waals surface area contributed by atoms with E-state index in [0.29, 0.717) is 24.0 Å². The van der Waals surface area contributed by atoms with Gasteiger partial charge in [-0.15, -0.1) is 0 Å². The van der Waals surface area contributed by atoms with Crippen molar-refractivity contribution in [2.75, 3.05) is 13.7 Å². The maximum absolute atomic E-state index is 13.1. The minimum atomic E-state index is -3.75. The molecule has 0 unspecified atom stereocenters. The van der Waals surface area contributed by atoms with Gasteiger partial charge in [-0.1, -0.05) is 55.8 Å². The van der Waals surface area contributed by atoms with Gasteiger partial charge in [0, 0.05) is 29.5 Å². The molecule has 8 nitrogen and oxygen atoms in total. The number of hydrogen-bond acceptors (Lipinski definition) is 7. The number of allylic oxidation sites excluding steroid dienone is 1. The summed E-state index contributed by atoms with van der Waals surface area (Å²) in [6.07, 6.45) is 2.01. The minimum absolute atomic E-state index is 0.0146. The molecular formula is C28H38N2O6S. The van der Waals surface area contributed by atoms with Crippen LogP contribution in [0, 0.1) is 0 Å². The Balaban J connectivity index is 2.47. The maximum Gasteiger partial charge on any atom is 0.357 e. The molecule has 0 bridgehead atoms. The van der Waals surface area contributed by atoms with Crippen molar-refractivity contribution in [3.05, 3.63) is 65.4 Å². The molecule has 2 aromatic rings. The van der Waals surface area contributed by atoms with Gasteiger partial charge in [-0.25, -0.2) is 17.9 Å². The third kappa shape index (κ3) is 8.80. The van der Waals surface area contributed by atoms with E-state index in [-0.39, 0.29) is 35.0 Å². The molecular weight excluding hydrogens is 492 g/mol. The van der Waals surface area contributed by atoms with Crippen molar-refractivity contribution in [2.45, 2.75) is 70.7 Å². The summed E-state index contributed by atoms with van der Waals surface area (Å²) in [6.45, 7) is 9.21. The first-order valence-corrected chi connectivity index (χ1v) is 13.9. The van der Waals surface area contributed by atoms with Crippen LogP contribution in [0.25, 0.3) is 11.1 Å². The normalized spacial score (nSPS) is 12.6. The van der Waals surface area contributed by atoms with Crippen LogP contribution in [0.15, 0.2) is 64.7 Å². The zero-order valence-corrected chi connectivity index (χ0v) is 23.3. The first-order valence-electron chi connectivity index (χ1n) is 12.4. The standard InChI is InChI=1S/C28H38N2O6S/c1-7-9-13-24(31)23(26(29-35-6)27(32)36-8-2)19-20-15-17-21(18-16-20)22-12-10-11-14-25(22)37(33,34)30-28(3,4)5/h10-12,14-18,29-30H,7-9,13,19H2,1-6H3. The fraction of sp³-hybridized carbons (Fsp3) is 0.429. The quantitative estimate of drug-likeness (QED) is 0.219. The molecule has 0 aliphatic rings. The highest BCUT2D eigenvalue weighted by atomic mass is 32.2. The molecule has 2 N–H and O–H groups in total. The van der Waals surface area contributed by atoms with E-state index in [1.165, 1.54) is 7.11 Å². The van der Waals surface area contributed by atoms with Gasteiger partial charge in [0.1, 0.15) is 0 Å². The minimum Gasteiger partial charge on any atom is -0.461 e. The Morgan fingerprint density at radius 3 is 2.19 bits per heavy atom. The van der Waals surface area contributed by atoms with Gasteiger partial charge in [-0.3, -0.25) is 15.1 Å². The van der Waals surface area contributed by atoms with E-state index in [4.69, 9.17) is 9.57 Å². The summed E-state index contributed by atoms with van der Waals surface area (Å²) in [5, 5.41) is 0. The van der Waals surface area contributed by atoms with E-state index in [0.717, 1.165) is 12.0 Å². The number of carbonyl (C=O) groups excluding carboxylic acids is 2. The number of carbonyl (C=O) groups is 2. The number of benzene rings is 2. The van der Waals surface area contributed by atoms with Crippen molar-refractivity contribution in [3.8, 4) is 11.1 Å². The van der Waals surface area contributed by atoms with Crippen LogP contribution >= 0.6 is 0 Å². The van der Waals surface area contributed by atoms with Crippen LogP contribution in [0.3, 0.4) is 0 Å². The fourth-order valence-electron chi connectivity index (χ4n) is 3.75. The molecule has 202 valence electrons. The highest BCUT2D eigenvalue weighted by Gasteiger charge is 2.25. The summed E-state index contributed by atoms with van der Waals surface area (Å²) in [6, 6.07) is 14.1. The molecule has 0 saturated heterocycles. The summed E-state index contributed by atoms with van der Waals surface area (Å²) in [5.41, 5.74) is 4.22. The summed E-state index contributed by atoms with van der Waals surface area (Å²) in [5.74, 6) is -0.825. The van der Waals surface area contributed by atoms with Crippen LogP contribution in [0.1, 0.15) is 59.4 Å². The molecule has 0 spiro atoms. The zero-order valence-electron chi connectivity index (χ0n) is 22.5. The Kier molecular flexibility index (Phi) is 11.0. The van der Waals surface area contributed by atoms with Gasteiger partial charge < -0.3 is 4.74 Å². The molecule has 0 fully saturated rings. The Morgan fingerprint density at radius 2 is 1.62 bits per heavy atom. The first kappa shape index (κ1) is 30.2. The molecule has 0 aromatic heterocycles. The van der Waals surface area contributed by atoms with Crippen LogP contribution < -0.4 is 10.2 Å². The van der Waals surface area contributed by atoms with E-state index in [1.54, 1.807) is 52.0 Å². The highest BCUT2D eigenvalue weighted by Crippen LogP contribution is 2.29. The summed E-state index contributed by atoms with van der Waals surface area (Å²) in [7, 11) is -2.39. The van der Waals surface area contributed by atoms with Crippen LogP contribution in [0.5, 0.6) is 0 Å². The van der Waals surface area contributed by atoms with Gasteiger partial charge in [-0.05, 0) is 51.3 Å². The van der Waals surface area contributed by atoms with E-state index in [1.807, 2.05) is 31.2 Å². The van der Waals surface area contributed by atoms with Crippen molar-refractivity contribution in [3.63, 3.8) is 0 Å². The van der Waals surface area contributed by atoms with Crippen molar-refractivity contribution >= 4 is 21.8 Å². The third-order valence-electron chi connectivity index (χ3n) is 5.34. The van der Waals surface area contributed by atoms with E-state index < -0.39 is 21.5 Å². The summed E-state index contributed by atoms with van der Waals surface area (Å²) < 4.78 is 33.9. The lowest BCUT2D eigenvalue weighted by Crippen LogP contribution is -2.40. The third-order valence-corrected chi connectivity index (χ3v) is 7.16. The predicted molar refractivity (Wildman–Crippen MR) is 144 cm³/mol. The number of ether oxygens (including phenoxy) is 1. The molecule has 0 aliphatic carbocycles. The van der Waals surface area contributed by atoms with E-state index in [2.05, 4.69) is 10.2 Å². The van der Waals surface area contributed by atoms with Gasteiger partial charge in [-0.2, -0.15) is 0 Å².